The van der Waals surface area contributed by atoms with Gasteiger partial charge in [-0.2, -0.15) is 10.5 Å². The number of esters is 1. The summed E-state index contributed by atoms with van der Waals surface area (Å²) in [5, 5.41) is 20.0. The summed E-state index contributed by atoms with van der Waals surface area (Å²) in [6, 6.07) is 9.05. The van der Waals surface area contributed by atoms with Gasteiger partial charge in [0.2, 0.25) is 0 Å². The number of hydrogen-bond donors (Lipinski definition) is 1. The fraction of sp³-hybridized carbons (Fsp3) is 0.333. The van der Waals surface area contributed by atoms with Crippen LogP contribution in [0.4, 0.5) is 0 Å². The van der Waals surface area contributed by atoms with Crippen LogP contribution in [0.15, 0.2) is 24.3 Å². The SMILES string of the molecule is COC(=O)[C@@H](NC(=O)c1ccc(C#N)cc1)[C@@H](C)CC#N. The lowest BCUT2D eigenvalue weighted by molar-refractivity contribution is -0.144. The van der Waals surface area contributed by atoms with Crippen molar-refractivity contribution in [1.29, 1.82) is 10.5 Å². The number of carbonyl (C=O) groups excluding carboxylic acids is 2. The fourth-order valence-corrected chi connectivity index (χ4v) is 1.74. The second-order valence-corrected chi connectivity index (χ2v) is 4.50. The molecule has 0 aliphatic carbocycles. The van der Waals surface area contributed by atoms with E-state index in [1.54, 1.807) is 6.92 Å². The number of nitriles is 2. The molecule has 2 atom stereocenters. The van der Waals surface area contributed by atoms with Crippen LogP contribution >= 0.6 is 0 Å². The monoisotopic (exact) mass is 285 g/mol. The van der Waals surface area contributed by atoms with E-state index < -0.39 is 17.9 Å². The molecule has 6 nitrogen and oxygen atoms in total. The fourth-order valence-electron chi connectivity index (χ4n) is 1.74. The van der Waals surface area contributed by atoms with E-state index in [4.69, 9.17) is 10.5 Å². The minimum absolute atomic E-state index is 0.118. The van der Waals surface area contributed by atoms with E-state index in [-0.39, 0.29) is 12.3 Å². The number of methoxy groups -OCH3 is 1. The van der Waals surface area contributed by atoms with Crippen molar-refractivity contribution in [2.24, 2.45) is 5.92 Å². The van der Waals surface area contributed by atoms with Crippen molar-refractivity contribution in [3.63, 3.8) is 0 Å². The third-order valence-corrected chi connectivity index (χ3v) is 3.00. The van der Waals surface area contributed by atoms with Crippen LogP contribution in [0.5, 0.6) is 0 Å². The first-order chi connectivity index (χ1) is 10.0. The quantitative estimate of drug-likeness (QED) is 0.823. The Morgan fingerprint density at radius 1 is 1.29 bits per heavy atom. The number of benzene rings is 1. The molecular weight excluding hydrogens is 270 g/mol. The van der Waals surface area contributed by atoms with Gasteiger partial charge in [-0.1, -0.05) is 6.92 Å². The highest BCUT2D eigenvalue weighted by atomic mass is 16.5. The highest BCUT2D eigenvalue weighted by Crippen LogP contribution is 2.11. The molecule has 1 N–H and O–H groups in total. The second-order valence-electron chi connectivity index (χ2n) is 4.50. The second kappa shape index (κ2) is 7.66. The normalized spacial score (nSPS) is 12.4. The summed E-state index contributed by atoms with van der Waals surface area (Å²) in [6.07, 6.45) is 0.118. The van der Waals surface area contributed by atoms with Crippen LogP contribution in [0.1, 0.15) is 29.3 Å². The highest BCUT2D eigenvalue weighted by molar-refractivity contribution is 5.96. The van der Waals surface area contributed by atoms with E-state index >= 15 is 0 Å². The maximum atomic E-state index is 12.1. The summed E-state index contributed by atoms with van der Waals surface area (Å²) in [6.45, 7) is 1.68. The molecule has 0 aliphatic heterocycles. The summed E-state index contributed by atoms with van der Waals surface area (Å²) in [5.74, 6) is -1.43. The molecule has 0 aliphatic rings. The molecule has 0 saturated heterocycles. The average Bonchev–Trinajstić information content (AvgIpc) is 2.51. The first-order valence-corrected chi connectivity index (χ1v) is 6.29. The summed E-state index contributed by atoms with van der Waals surface area (Å²) in [7, 11) is 1.22. The zero-order chi connectivity index (χ0) is 15.8. The van der Waals surface area contributed by atoms with Gasteiger partial charge in [0, 0.05) is 17.9 Å². The van der Waals surface area contributed by atoms with E-state index in [1.165, 1.54) is 31.4 Å². The van der Waals surface area contributed by atoms with E-state index in [1.807, 2.05) is 12.1 Å². The predicted octanol–water partition coefficient (Wildman–Crippen LogP) is 1.38. The van der Waals surface area contributed by atoms with Crippen LogP contribution in [0.2, 0.25) is 0 Å². The molecule has 1 aromatic carbocycles. The Morgan fingerprint density at radius 2 is 1.90 bits per heavy atom. The maximum Gasteiger partial charge on any atom is 0.328 e. The van der Waals surface area contributed by atoms with E-state index in [2.05, 4.69) is 10.1 Å². The molecule has 108 valence electrons. The van der Waals surface area contributed by atoms with Crippen molar-refractivity contribution >= 4 is 11.9 Å². The van der Waals surface area contributed by atoms with Gasteiger partial charge >= 0.3 is 5.97 Å². The number of amides is 1. The molecule has 0 radical (unpaired) electrons. The molecule has 0 spiro atoms. The largest absolute Gasteiger partial charge is 0.467 e. The van der Waals surface area contributed by atoms with Crippen molar-refractivity contribution in [2.45, 2.75) is 19.4 Å². The minimum Gasteiger partial charge on any atom is -0.467 e. The summed E-state index contributed by atoms with van der Waals surface area (Å²) in [4.78, 5) is 23.8. The number of ether oxygens (including phenoxy) is 1. The smallest absolute Gasteiger partial charge is 0.328 e. The Balaban J connectivity index is 2.87. The van der Waals surface area contributed by atoms with E-state index in [9.17, 15) is 9.59 Å². The van der Waals surface area contributed by atoms with Crippen LogP contribution in [0, 0.1) is 28.6 Å². The molecule has 1 rings (SSSR count). The van der Waals surface area contributed by atoms with E-state index in [0.29, 0.717) is 11.1 Å². The van der Waals surface area contributed by atoms with Crippen molar-refractivity contribution in [3.05, 3.63) is 35.4 Å². The molecule has 0 aromatic heterocycles. The van der Waals surface area contributed by atoms with Gasteiger partial charge in [0.25, 0.3) is 5.91 Å². The lowest BCUT2D eigenvalue weighted by Crippen LogP contribution is -2.45. The summed E-state index contributed by atoms with van der Waals surface area (Å²) >= 11 is 0. The molecule has 0 unspecified atom stereocenters. The lowest BCUT2D eigenvalue weighted by Gasteiger charge is -2.21. The number of nitrogens with zero attached hydrogens (tertiary/aromatic N) is 2. The Kier molecular flexibility index (Phi) is 5.91. The van der Waals surface area contributed by atoms with Gasteiger partial charge in [0.1, 0.15) is 6.04 Å². The third kappa shape index (κ3) is 4.32. The number of nitrogens with one attached hydrogen (secondary N) is 1. The van der Waals surface area contributed by atoms with Crippen molar-refractivity contribution in [1.82, 2.24) is 5.32 Å². The third-order valence-electron chi connectivity index (χ3n) is 3.00. The van der Waals surface area contributed by atoms with Gasteiger partial charge in [-0.3, -0.25) is 4.79 Å². The Morgan fingerprint density at radius 3 is 2.38 bits per heavy atom. The average molecular weight is 285 g/mol. The molecule has 1 amide bonds. The summed E-state index contributed by atoms with van der Waals surface area (Å²) in [5.41, 5.74) is 0.765. The topological polar surface area (TPSA) is 103 Å². The highest BCUT2D eigenvalue weighted by Gasteiger charge is 2.27. The molecule has 0 bridgehead atoms. The number of hydrogen-bond acceptors (Lipinski definition) is 5. The first kappa shape index (κ1) is 16.2. The standard InChI is InChI=1S/C15H15N3O3/c1-10(7-8-16)13(15(20)21-2)18-14(19)12-5-3-11(9-17)4-6-12/h3-6,10,13H,7H2,1-2H3,(H,18,19)/t10-,13-/m0/s1. The van der Waals surface area contributed by atoms with Gasteiger partial charge in [-0.15, -0.1) is 0 Å². The van der Waals surface area contributed by atoms with Crippen molar-refractivity contribution in [3.8, 4) is 12.1 Å². The van der Waals surface area contributed by atoms with Crippen LogP contribution in [-0.4, -0.2) is 25.0 Å². The molecule has 0 heterocycles. The number of carbonyl (C=O) groups is 2. The Hall–Kier alpha value is -2.86. The molecule has 0 fully saturated rings. The Bertz CT molecular complexity index is 596. The van der Waals surface area contributed by atoms with Crippen molar-refractivity contribution in [2.75, 3.05) is 7.11 Å². The lowest BCUT2D eigenvalue weighted by atomic mass is 9.98. The van der Waals surface area contributed by atoms with Gasteiger partial charge in [-0.05, 0) is 24.3 Å². The van der Waals surface area contributed by atoms with Gasteiger partial charge in [0.15, 0.2) is 0 Å². The van der Waals surface area contributed by atoms with Crippen molar-refractivity contribution < 1.29 is 14.3 Å². The molecule has 21 heavy (non-hydrogen) atoms. The minimum atomic E-state index is -0.891. The molecule has 1 aromatic rings. The molecular formula is C15H15N3O3. The maximum absolute atomic E-state index is 12.1. The van der Waals surface area contributed by atoms with Crippen LogP contribution < -0.4 is 5.32 Å². The van der Waals surface area contributed by atoms with Crippen LogP contribution in [-0.2, 0) is 9.53 Å². The van der Waals surface area contributed by atoms with E-state index in [0.717, 1.165) is 0 Å². The van der Waals surface area contributed by atoms with Gasteiger partial charge in [0.05, 0.1) is 24.8 Å². The van der Waals surface area contributed by atoms with Crippen LogP contribution in [0.25, 0.3) is 0 Å². The number of rotatable bonds is 5. The predicted molar refractivity (Wildman–Crippen MR) is 73.8 cm³/mol. The zero-order valence-electron chi connectivity index (χ0n) is 11.8. The summed E-state index contributed by atoms with van der Waals surface area (Å²) < 4.78 is 4.65. The van der Waals surface area contributed by atoms with Gasteiger partial charge in [-0.25, -0.2) is 4.79 Å². The molecule has 6 heteroatoms. The molecule has 0 saturated carbocycles. The van der Waals surface area contributed by atoms with Gasteiger partial charge < -0.3 is 10.1 Å². The first-order valence-electron chi connectivity index (χ1n) is 6.29. The Labute approximate surface area is 122 Å². The zero-order valence-corrected chi connectivity index (χ0v) is 11.8. The van der Waals surface area contributed by atoms with Crippen LogP contribution in [0.3, 0.4) is 0 Å².